The highest BCUT2D eigenvalue weighted by molar-refractivity contribution is 5.81. The van der Waals surface area contributed by atoms with Gasteiger partial charge < -0.3 is 9.64 Å². The molecule has 3 nitrogen and oxygen atoms in total. The summed E-state index contributed by atoms with van der Waals surface area (Å²) < 4.78 is 5.46. The fraction of sp³-hybridized carbons (Fsp3) is 0.533. The van der Waals surface area contributed by atoms with Crippen molar-refractivity contribution in [3.05, 3.63) is 29.8 Å². The monoisotopic (exact) mass is 247 g/mol. The van der Waals surface area contributed by atoms with Crippen molar-refractivity contribution in [3.8, 4) is 0 Å². The Bertz CT molecular complexity index is 411. The number of nitrogens with zero attached hydrogens (tertiary/aromatic N) is 1. The van der Waals surface area contributed by atoms with Gasteiger partial charge in [0.05, 0.1) is 13.2 Å². The quantitative estimate of drug-likeness (QED) is 0.822. The second-order valence-electron chi connectivity index (χ2n) is 5.16. The normalized spacial score (nSPS) is 20.2. The van der Waals surface area contributed by atoms with Crippen LogP contribution in [0.15, 0.2) is 24.3 Å². The van der Waals surface area contributed by atoms with E-state index in [2.05, 4.69) is 43.0 Å². The Morgan fingerprint density at radius 2 is 2.00 bits per heavy atom. The van der Waals surface area contributed by atoms with Crippen LogP contribution in [0.2, 0.25) is 0 Å². The van der Waals surface area contributed by atoms with Gasteiger partial charge in [0.25, 0.3) is 0 Å². The number of benzene rings is 1. The number of hydrogen-bond donors (Lipinski definition) is 0. The molecule has 0 bridgehead atoms. The summed E-state index contributed by atoms with van der Waals surface area (Å²) in [5, 5.41) is 0. The predicted octanol–water partition coefficient (Wildman–Crippen LogP) is 2.60. The summed E-state index contributed by atoms with van der Waals surface area (Å²) in [6, 6.07) is 8.60. The number of morpholine rings is 1. The molecule has 1 atom stereocenters. The number of hydrogen-bond acceptors (Lipinski definition) is 3. The smallest absolute Gasteiger partial charge is 0.160 e. The van der Waals surface area contributed by atoms with E-state index in [4.69, 9.17) is 4.74 Å². The van der Waals surface area contributed by atoms with Crippen LogP contribution in [0.5, 0.6) is 0 Å². The Kier molecular flexibility index (Phi) is 4.02. The Balaban J connectivity index is 2.09. The van der Waals surface area contributed by atoms with Gasteiger partial charge in [0, 0.05) is 12.2 Å². The highest BCUT2D eigenvalue weighted by atomic mass is 16.5. The Morgan fingerprint density at radius 1 is 1.33 bits per heavy atom. The standard InChI is InChI=1S/C15H21NO2/c1-11(2)13-4-6-14(7-5-13)16-8-9-18-15(10-16)12(3)17/h4-7,11,15H,8-10H2,1-3H3/t15-/m0/s1. The molecule has 0 amide bonds. The molecule has 0 N–H and O–H groups in total. The lowest BCUT2D eigenvalue weighted by atomic mass is 10.0. The van der Waals surface area contributed by atoms with Crippen molar-refractivity contribution in [2.24, 2.45) is 0 Å². The summed E-state index contributed by atoms with van der Waals surface area (Å²) >= 11 is 0. The average Bonchev–Trinajstić information content (AvgIpc) is 2.39. The van der Waals surface area contributed by atoms with Gasteiger partial charge in [-0.15, -0.1) is 0 Å². The summed E-state index contributed by atoms with van der Waals surface area (Å²) in [6.45, 7) is 8.11. The van der Waals surface area contributed by atoms with Crippen molar-refractivity contribution in [2.45, 2.75) is 32.8 Å². The van der Waals surface area contributed by atoms with Crippen LogP contribution in [0.25, 0.3) is 0 Å². The second kappa shape index (κ2) is 5.53. The fourth-order valence-electron chi connectivity index (χ4n) is 2.20. The molecule has 0 aromatic heterocycles. The Morgan fingerprint density at radius 3 is 2.56 bits per heavy atom. The molecule has 0 unspecified atom stereocenters. The molecule has 0 spiro atoms. The molecule has 0 radical (unpaired) electrons. The van der Waals surface area contributed by atoms with Crippen LogP contribution in [0.3, 0.4) is 0 Å². The first-order valence-corrected chi connectivity index (χ1v) is 6.55. The lowest BCUT2D eigenvalue weighted by Gasteiger charge is -2.33. The predicted molar refractivity (Wildman–Crippen MR) is 73.2 cm³/mol. The minimum absolute atomic E-state index is 0.110. The van der Waals surface area contributed by atoms with E-state index in [0.29, 0.717) is 19.1 Å². The molecule has 1 aliphatic rings. The largest absolute Gasteiger partial charge is 0.367 e. The van der Waals surface area contributed by atoms with Crippen LogP contribution < -0.4 is 4.90 Å². The van der Waals surface area contributed by atoms with Gasteiger partial charge in [-0.2, -0.15) is 0 Å². The van der Waals surface area contributed by atoms with Gasteiger partial charge >= 0.3 is 0 Å². The molecule has 1 aromatic rings. The highest BCUT2D eigenvalue weighted by Crippen LogP contribution is 2.22. The maximum atomic E-state index is 11.4. The van der Waals surface area contributed by atoms with Crippen molar-refractivity contribution in [3.63, 3.8) is 0 Å². The first kappa shape index (κ1) is 13.1. The lowest BCUT2D eigenvalue weighted by molar-refractivity contribution is -0.128. The molecule has 0 aliphatic carbocycles. The maximum absolute atomic E-state index is 11.4. The van der Waals surface area contributed by atoms with Crippen molar-refractivity contribution in [1.29, 1.82) is 0 Å². The topological polar surface area (TPSA) is 29.5 Å². The van der Waals surface area contributed by atoms with E-state index in [-0.39, 0.29) is 11.9 Å². The molecule has 18 heavy (non-hydrogen) atoms. The van der Waals surface area contributed by atoms with Crippen molar-refractivity contribution >= 4 is 11.5 Å². The second-order valence-corrected chi connectivity index (χ2v) is 5.16. The third kappa shape index (κ3) is 2.91. The van der Waals surface area contributed by atoms with E-state index in [1.165, 1.54) is 11.3 Å². The maximum Gasteiger partial charge on any atom is 0.160 e. The van der Waals surface area contributed by atoms with E-state index < -0.39 is 0 Å². The lowest BCUT2D eigenvalue weighted by Crippen LogP contribution is -2.45. The summed E-state index contributed by atoms with van der Waals surface area (Å²) in [5.41, 5.74) is 2.52. The van der Waals surface area contributed by atoms with Gasteiger partial charge in [0.15, 0.2) is 5.78 Å². The molecule has 1 heterocycles. The minimum Gasteiger partial charge on any atom is -0.367 e. The van der Waals surface area contributed by atoms with Crippen LogP contribution in [0.1, 0.15) is 32.3 Å². The summed E-state index contributed by atoms with van der Waals surface area (Å²) in [7, 11) is 0. The van der Waals surface area contributed by atoms with Gasteiger partial charge in [-0.1, -0.05) is 26.0 Å². The van der Waals surface area contributed by atoms with Crippen LogP contribution in [-0.4, -0.2) is 31.6 Å². The van der Waals surface area contributed by atoms with Gasteiger partial charge in [0.2, 0.25) is 0 Å². The molecular formula is C15H21NO2. The Hall–Kier alpha value is -1.35. The molecule has 0 saturated carbocycles. The van der Waals surface area contributed by atoms with Gasteiger partial charge in [-0.3, -0.25) is 4.79 Å². The van der Waals surface area contributed by atoms with Crippen LogP contribution in [-0.2, 0) is 9.53 Å². The van der Waals surface area contributed by atoms with Gasteiger partial charge in [-0.25, -0.2) is 0 Å². The summed E-state index contributed by atoms with van der Waals surface area (Å²) in [4.78, 5) is 13.6. The van der Waals surface area contributed by atoms with E-state index in [0.717, 1.165) is 6.54 Å². The third-order valence-electron chi connectivity index (χ3n) is 3.44. The number of ketones is 1. The number of rotatable bonds is 3. The van der Waals surface area contributed by atoms with Crippen LogP contribution in [0.4, 0.5) is 5.69 Å². The van der Waals surface area contributed by atoms with Crippen LogP contribution >= 0.6 is 0 Å². The number of anilines is 1. The third-order valence-corrected chi connectivity index (χ3v) is 3.44. The number of Topliss-reactive ketones (excluding diaryl/α,β-unsaturated/α-hetero) is 1. The molecule has 98 valence electrons. The fourth-order valence-corrected chi connectivity index (χ4v) is 2.20. The highest BCUT2D eigenvalue weighted by Gasteiger charge is 2.23. The number of carbonyl (C=O) groups is 1. The van der Waals surface area contributed by atoms with E-state index in [1.54, 1.807) is 6.92 Å². The van der Waals surface area contributed by atoms with Crippen molar-refractivity contribution < 1.29 is 9.53 Å². The molecular weight excluding hydrogens is 226 g/mol. The summed E-state index contributed by atoms with van der Waals surface area (Å²) in [6.07, 6.45) is -0.275. The molecule has 2 rings (SSSR count). The molecule has 1 fully saturated rings. The SMILES string of the molecule is CC(=O)[C@@H]1CN(c2ccc(C(C)C)cc2)CCO1. The number of ether oxygens (including phenoxy) is 1. The zero-order chi connectivity index (χ0) is 13.1. The van der Waals surface area contributed by atoms with Crippen LogP contribution in [0, 0.1) is 0 Å². The summed E-state index contributed by atoms with van der Waals surface area (Å²) in [5.74, 6) is 0.659. The molecule has 1 aromatic carbocycles. The van der Waals surface area contributed by atoms with Crippen molar-refractivity contribution in [2.75, 3.05) is 24.6 Å². The minimum atomic E-state index is -0.275. The van der Waals surface area contributed by atoms with Crippen molar-refractivity contribution in [1.82, 2.24) is 0 Å². The Labute approximate surface area is 109 Å². The van der Waals surface area contributed by atoms with Gasteiger partial charge in [0.1, 0.15) is 6.10 Å². The molecule has 1 aliphatic heterocycles. The molecule has 1 saturated heterocycles. The zero-order valence-corrected chi connectivity index (χ0v) is 11.3. The zero-order valence-electron chi connectivity index (χ0n) is 11.3. The molecule has 3 heteroatoms. The average molecular weight is 247 g/mol. The first-order valence-electron chi connectivity index (χ1n) is 6.55. The van der Waals surface area contributed by atoms with E-state index >= 15 is 0 Å². The van der Waals surface area contributed by atoms with Gasteiger partial charge in [-0.05, 0) is 30.5 Å². The number of carbonyl (C=O) groups excluding carboxylic acids is 1. The van der Waals surface area contributed by atoms with E-state index in [9.17, 15) is 4.79 Å². The first-order chi connectivity index (χ1) is 8.58. The van der Waals surface area contributed by atoms with E-state index in [1.807, 2.05) is 0 Å².